The van der Waals surface area contributed by atoms with Gasteiger partial charge in [0.25, 0.3) is 5.91 Å². The lowest BCUT2D eigenvalue weighted by Gasteiger charge is -2.37. The van der Waals surface area contributed by atoms with Crippen molar-refractivity contribution in [2.75, 3.05) is 53.7 Å². The third kappa shape index (κ3) is 6.86. The Morgan fingerprint density at radius 3 is 2.02 bits per heavy atom. The minimum absolute atomic E-state index is 0.157. The number of hydrogen-bond acceptors (Lipinski definition) is 15. The third-order valence-corrected chi connectivity index (χ3v) is 7.39. The lowest BCUT2D eigenvalue weighted by atomic mass is 10.0. The van der Waals surface area contributed by atoms with Crippen molar-refractivity contribution in [1.82, 2.24) is 15.0 Å². The van der Waals surface area contributed by atoms with Gasteiger partial charge in [-0.3, -0.25) is 14.9 Å². The van der Waals surface area contributed by atoms with Crippen molar-refractivity contribution < 1.29 is 19.6 Å². The molecule has 0 radical (unpaired) electrons. The first-order chi connectivity index (χ1) is 21.0. The Balaban J connectivity index is 1.50. The smallest absolute Gasteiger partial charge is 0.311 e. The summed E-state index contributed by atoms with van der Waals surface area (Å²) in [6, 6.07) is 7.87. The number of benzene rings is 2. The number of nitro benzene ring substituents is 1. The summed E-state index contributed by atoms with van der Waals surface area (Å²) in [4.78, 5) is 41.5. The number of nitrogens with zero attached hydrogens (tertiary/aromatic N) is 6. The Labute approximate surface area is 252 Å². The van der Waals surface area contributed by atoms with Gasteiger partial charge in [0.1, 0.15) is 5.75 Å². The number of aromatic nitrogens is 3. The van der Waals surface area contributed by atoms with Crippen LogP contribution in [-0.2, 0) is 0 Å². The van der Waals surface area contributed by atoms with E-state index in [2.05, 4.69) is 20.6 Å². The zero-order valence-electron chi connectivity index (χ0n) is 24.1. The number of phenols is 1. The highest BCUT2D eigenvalue weighted by molar-refractivity contribution is 6.08. The van der Waals surface area contributed by atoms with E-state index in [0.717, 1.165) is 6.07 Å². The summed E-state index contributed by atoms with van der Waals surface area (Å²) < 4.78 is 5.34. The van der Waals surface area contributed by atoms with Crippen LogP contribution in [0.3, 0.4) is 0 Å². The summed E-state index contributed by atoms with van der Waals surface area (Å²) >= 11 is 0. The van der Waals surface area contributed by atoms with Crippen LogP contribution in [0.5, 0.6) is 11.5 Å². The SMILES string of the molecule is COc1ccc(Nc2nc(N3C[C@H](N)C[C@H](N)C3)nc(N3C[C@H](N)C[C@H](N)C3)n2)c(NC(=O)c2cccc([N+](=O)[O-])c2O)c1. The van der Waals surface area contributed by atoms with Gasteiger partial charge < -0.3 is 53.2 Å². The number of nitro groups is 1. The first kappa shape index (κ1) is 30.6. The normalized spacial score (nSPS) is 21.9. The zero-order valence-corrected chi connectivity index (χ0v) is 24.1. The number of amides is 1. The number of carbonyl (C=O) groups excluding carboxylic acids is 1. The molecule has 4 atom stereocenters. The Kier molecular flexibility index (Phi) is 8.91. The first-order valence-corrected chi connectivity index (χ1v) is 14.0. The Hall–Kier alpha value is -4.84. The molecule has 2 saturated heterocycles. The highest BCUT2D eigenvalue weighted by atomic mass is 16.6. The number of phenolic OH excluding ortho intramolecular Hbond substituents is 1. The minimum atomic E-state index is -0.785. The molecule has 0 unspecified atom stereocenters. The van der Waals surface area contributed by atoms with Crippen LogP contribution in [0.4, 0.5) is 34.9 Å². The van der Waals surface area contributed by atoms with Gasteiger partial charge in [0.05, 0.1) is 29.0 Å². The minimum Gasteiger partial charge on any atom is -0.502 e. The number of anilines is 5. The van der Waals surface area contributed by atoms with Gasteiger partial charge in [-0.1, -0.05) is 6.07 Å². The van der Waals surface area contributed by atoms with Crippen molar-refractivity contribution in [2.45, 2.75) is 37.0 Å². The highest BCUT2D eigenvalue weighted by Crippen LogP contribution is 2.33. The lowest BCUT2D eigenvalue weighted by molar-refractivity contribution is -0.385. The molecule has 0 bridgehead atoms. The summed E-state index contributed by atoms with van der Waals surface area (Å²) in [5.74, 6) is -0.252. The van der Waals surface area contributed by atoms with E-state index in [9.17, 15) is 20.0 Å². The van der Waals surface area contributed by atoms with Gasteiger partial charge in [-0.15, -0.1) is 0 Å². The summed E-state index contributed by atoms with van der Waals surface area (Å²) in [5, 5.41) is 27.5. The maximum Gasteiger partial charge on any atom is 0.311 e. The van der Waals surface area contributed by atoms with Crippen LogP contribution in [-0.4, -0.2) is 88.3 Å². The summed E-state index contributed by atoms with van der Waals surface area (Å²) in [6.45, 7) is 1.97. The molecule has 2 aliphatic rings. The van der Waals surface area contributed by atoms with Crippen LogP contribution in [0, 0.1) is 10.1 Å². The standard InChI is InChI=1S/C27H36N12O5/c1-44-18-5-6-20(21(9-18)32-24(41)19-3-2-4-22(23(19)40)39(42)43)33-25-34-26(37-10-14(28)7-15(29)11-37)36-27(35-25)38-12-16(30)8-17(31)13-38/h2-6,9,14-17,40H,7-8,10-13,28-31H2,1H3,(H,32,41)(H,33,34,35,36)/t14-,15+,16-,17+. The van der Waals surface area contributed by atoms with E-state index in [1.54, 1.807) is 18.2 Å². The largest absolute Gasteiger partial charge is 0.502 e. The molecular formula is C27H36N12O5. The fourth-order valence-electron chi connectivity index (χ4n) is 5.41. The van der Waals surface area contributed by atoms with Crippen LogP contribution in [0.2, 0.25) is 0 Å². The molecule has 0 aliphatic carbocycles. The predicted octanol–water partition coefficient (Wildman–Crippen LogP) is 0.219. The monoisotopic (exact) mass is 608 g/mol. The van der Waals surface area contributed by atoms with Gasteiger partial charge >= 0.3 is 5.69 Å². The number of methoxy groups -OCH3 is 1. The first-order valence-electron chi connectivity index (χ1n) is 14.0. The van der Waals surface area contributed by atoms with E-state index >= 15 is 0 Å². The maximum atomic E-state index is 13.2. The number of rotatable bonds is 8. The molecule has 0 saturated carbocycles. The molecule has 2 aromatic carbocycles. The van der Waals surface area contributed by atoms with Crippen molar-refractivity contribution >= 4 is 40.8 Å². The molecule has 3 aromatic rings. The Morgan fingerprint density at radius 2 is 1.50 bits per heavy atom. The Morgan fingerprint density at radius 1 is 0.932 bits per heavy atom. The van der Waals surface area contributed by atoms with E-state index in [1.165, 1.54) is 19.2 Å². The van der Waals surface area contributed by atoms with Gasteiger partial charge in [-0.2, -0.15) is 15.0 Å². The molecule has 1 amide bonds. The van der Waals surface area contributed by atoms with Crippen molar-refractivity contribution in [2.24, 2.45) is 22.9 Å². The molecule has 1 aromatic heterocycles. The zero-order chi connectivity index (χ0) is 31.5. The second-order valence-electron chi connectivity index (χ2n) is 11.0. The van der Waals surface area contributed by atoms with E-state index < -0.39 is 22.3 Å². The number of carbonyl (C=O) groups is 1. The second kappa shape index (κ2) is 12.8. The molecule has 0 spiro atoms. The summed E-state index contributed by atoms with van der Waals surface area (Å²) in [6.07, 6.45) is 1.34. The number of piperidine rings is 2. The highest BCUT2D eigenvalue weighted by Gasteiger charge is 2.29. The van der Waals surface area contributed by atoms with Gasteiger partial charge in [0, 0.05) is 62.5 Å². The number of ether oxygens (including phenoxy) is 1. The lowest BCUT2D eigenvalue weighted by Crippen LogP contribution is -2.54. The quantitative estimate of drug-likeness (QED) is 0.133. The fourth-order valence-corrected chi connectivity index (χ4v) is 5.41. The average molecular weight is 609 g/mol. The molecular weight excluding hydrogens is 572 g/mol. The summed E-state index contributed by atoms with van der Waals surface area (Å²) in [5.41, 5.74) is 24.7. The van der Waals surface area contributed by atoms with Crippen molar-refractivity contribution in [1.29, 1.82) is 0 Å². The molecule has 44 heavy (non-hydrogen) atoms. The van der Waals surface area contributed by atoms with E-state index in [4.69, 9.17) is 32.7 Å². The van der Waals surface area contributed by atoms with E-state index in [0.29, 0.717) is 62.4 Å². The number of hydrogen-bond donors (Lipinski definition) is 7. The van der Waals surface area contributed by atoms with Crippen LogP contribution in [0.25, 0.3) is 0 Å². The number of nitrogens with one attached hydrogen (secondary N) is 2. The number of aromatic hydroxyl groups is 1. The van der Waals surface area contributed by atoms with E-state index in [1.807, 2.05) is 9.80 Å². The average Bonchev–Trinajstić information content (AvgIpc) is 2.96. The predicted molar refractivity (Wildman–Crippen MR) is 164 cm³/mol. The fraction of sp³-hybridized carbons (Fsp3) is 0.407. The Bertz CT molecular complexity index is 1480. The topological polar surface area (TPSA) is 263 Å². The van der Waals surface area contributed by atoms with Crippen molar-refractivity contribution in [3.8, 4) is 11.5 Å². The van der Waals surface area contributed by atoms with Crippen LogP contribution in [0.1, 0.15) is 23.2 Å². The summed E-state index contributed by atoms with van der Waals surface area (Å²) in [7, 11) is 1.47. The molecule has 2 aliphatic heterocycles. The van der Waals surface area contributed by atoms with Crippen LogP contribution >= 0.6 is 0 Å². The maximum absolute atomic E-state index is 13.2. The van der Waals surface area contributed by atoms with Crippen LogP contribution in [0.15, 0.2) is 36.4 Å². The molecule has 17 heteroatoms. The van der Waals surface area contributed by atoms with Gasteiger partial charge in [-0.25, -0.2) is 0 Å². The van der Waals surface area contributed by atoms with Gasteiger partial charge in [-0.05, 0) is 31.0 Å². The number of para-hydroxylation sites is 1. The van der Waals surface area contributed by atoms with Gasteiger partial charge in [0.15, 0.2) is 0 Å². The van der Waals surface area contributed by atoms with Gasteiger partial charge in [0.2, 0.25) is 23.6 Å². The second-order valence-corrected chi connectivity index (χ2v) is 11.0. The molecule has 2 fully saturated rings. The van der Waals surface area contributed by atoms with E-state index in [-0.39, 0.29) is 41.4 Å². The molecule has 234 valence electrons. The molecule has 3 heterocycles. The van der Waals surface area contributed by atoms with Crippen molar-refractivity contribution in [3.05, 3.63) is 52.1 Å². The van der Waals surface area contributed by atoms with Crippen LogP contribution < -0.4 is 48.1 Å². The van der Waals surface area contributed by atoms with Crippen molar-refractivity contribution in [3.63, 3.8) is 0 Å². The number of nitrogens with two attached hydrogens (primary N) is 4. The molecule has 17 nitrogen and oxygen atoms in total. The third-order valence-electron chi connectivity index (χ3n) is 7.39. The molecule has 11 N–H and O–H groups in total. The molecule has 5 rings (SSSR count).